The Kier molecular flexibility index (Phi) is 5.25. The number of fused-ring (bicyclic) bond motifs is 1. The Morgan fingerprint density at radius 2 is 1.97 bits per heavy atom. The number of pyridine rings is 1. The standard InChI is InChI=1S/C25H28N6O/c1-4-30-22(12-13-26-30)16(2)27-25(32)20-14-21(19-10-11-19)28-24-23(20)17(3)29-31(24)15-18-8-6-5-7-9-18/h5-9,12-14,16,19H,4,10-11,15H2,1-3H3,(H,27,32)/t16-/m0/s1. The molecule has 0 radical (unpaired) electrons. The van der Waals surface area contributed by atoms with Gasteiger partial charge in [-0.25, -0.2) is 9.67 Å². The highest BCUT2D eigenvalue weighted by molar-refractivity contribution is 6.06. The number of amides is 1. The number of rotatable bonds is 7. The molecule has 3 heterocycles. The van der Waals surface area contributed by atoms with Gasteiger partial charge in [0.05, 0.1) is 34.9 Å². The van der Waals surface area contributed by atoms with Crippen molar-refractivity contribution in [3.8, 4) is 0 Å². The molecule has 0 unspecified atom stereocenters. The molecule has 1 aliphatic rings. The topological polar surface area (TPSA) is 77.6 Å². The molecular formula is C25H28N6O. The van der Waals surface area contributed by atoms with Crippen molar-refractivity contribution in [1.82, 2.24) is 29.9 Å². The maximum absolute atomic E-state index is 13.5. The van der Waals surface area contributed by atoms with Crippen LogP contribution >= 0.6 is 0 Å². The summed E-state index contributed by atoms with van der Waals surface area (Å²) in [7, 11) is 0. The van der Waals surface area contributed by atoms with Crippen molar-refractivity contribution < 1.29 is 4.79 Å². The summed E-state index contributed by atoms with van der Waals surface area (Å²) in [6, 6.07) is 14.0. The maximum Gasteiger partial charge on any atom is 0.252 e. The van der Waals surface area contributed by atoms with Crippen LogP contribution in [0.2, 0.25) is 0 Å². The fourth-order valence-electron chi connectivity index (χ4n) is 4.33. The van der Waals surface area contributed by atoms with Crippen molar-refractivity contribution in [3.05, 3.63) is 76.9 Å². The number of hydrogen-bond acceptors (Lipinski definition) is 4. The second-order valence-corrected chi connectivity index (χ2v) is 8.56. The van der Waals surface area contributed by atoms with Gasteiger partial charge in [-0.3, -0.25) is 9.48 Å². The van der Waals surface area contributed by atoms with Crippen LogP contribution in [0.5, 0.6) is 0 Å². The average Bonchev–Trinajstić information content (AvgIpc) is 3.46. The number of benzene rings is 1. The van der Waals surface area contributed by atoms with Gasteiger partial charge in [0.15, 0.2) is 5.65 Å². The molecule has 7 nitrogen and oxygen atoms in total. The molecule has 0 bridgehead atoms. The van der Waals surface area contributed by atoms with Gasteiger partial charge in [0.25, 0.3) is 5.91 Å². The van der Waals surface area contributed by atoms with E-state index >= 15 is 0 Å². The zero-order chi connectivity index (χ0) is 22.2. The molecule has 1 N–H and O–H groups in total. The first-order valence-corrected chi connectivity index (χ1v) is 11.3. The van der Waals surface area contributed by atoms with E-state index in [1.807, 2.05) is 60.5 Å². The molecule has 7 heteroatoms. The van der Waals surface area contributed by atoms with Gasteiger partial charge in [-0.2, -0.15) is 10.2 Å². The van der Waals surface area contributed by atoms with Crippen molar-refractivity contribution in [3.63, 3.8) is 0 Å². The quantitative estimate of drug-likeness (QED) is 0.474. The van der Waals surface area contributed by atoms with Crippen LogP contribution < -0.4 is 5.32 Å². The van der Waals surface area contributed by atoms with E-state index in [1.165, 1.54) is 0 Å². The van der Waals surface area contributed by atoms with Crippen LogP contribution in [0.4, 0.5) is 0 Å². The van der Waals surface area contributed by atoms with Gasteiger partial charge in [0.1, 0.15) is 0 Å². The second kappa shape index (κ2) is 8.22. The highest BCUT2D eigenvalue weighted by Gasteiger charge is 2.29. The summed E-state index contributed by atoms with van der Waals surface area (Å²) in [6.07, 6.45) is 4.02. The predicted octanol–water partition coefficient (Wildman–Crippen LogP) is 4.37. The second-order valence-electron chi connectivity index (χ2n) is 8.56. The van der Waals surface area contributed by atoms with E-state index in [1.54, 1.807) is 6.20 Å². The van der Waals surface area contributed by atoms with Gasteiger partial charge >= 0.3 is 0 Å². The molecule has 0 saturated heterocycles. The molecule has 1 amide bonds. The van der Waals surface area contributed by atoms with Crippen molar-refractivity contribution in [1.29, 1.82) is 0 Å². The molecule has 5 rings (SSSR count). The van der Waals surface area contributed by atoms with Crippen molar-refractivity contribution in [2.24, 2.45) is 0 Å². The number of aryl methyl sites for hydroxylation is 2. The van der Waals surface area contributed by atoms with E-state index in [-0.39, 0.29) is 11.9 Å². The number of hydrogen-bond donors (Lipinski definition) is 1. The third-order valence-corrected chi connectivity index (χ3v) is 6.15. The Labute approximate surface area is 187 Å². The third kappa shape index (κ3) is 3.79. The van der Waals surface area contributed by atoms with E-state index in [4.69, 9.17) is 10.1 Å². The molecule has 3 aromatic heterocycles. The minimum atomic E-state index is -0.155. The van der Waals surface area contributed by atoms with Crippen LogP contribution in [0.1, 0.15) is 71.7 Å². The molecule has 0 aliphatic heterocycles. The fourth-order valence-corrected chi connectivity index (χ4v) is 4.33. The summed E-state index contributed by atoms with van der Waals surface area (Å²) < 4.78 is 3.84. The first-order valence-electron chi connectivity index (χ1n) is 11.3. The van der Waals surface area contributed by atoms with Crippen LogP contribution in [0.15, 0.2) is 48.7 Å². The normalized spacial score (nSPS) is 14.6. The van der Waals surface area contributed by atoms with Crippen LogP contribution in [0, 0.1) is 6.92 Å². The minimum Gasteiger partial charge on any atom is -0.344 e. The summed E-state index contributed by atoms with van der Waals surface area (Å²) in [4.78, 5) is 18.4. The van der Waals surface area contributed by atoms with Gasteiger partial charge in [-0.1, -0.05) is 30.3 Å². The molecule has 4 aromatic rings. The smallest absolute Gasteiger partial charge is 0.252 e. The lowest BCUT2D eigenvalue weighted by Gasteiger charge is -2.16. The van der Waals surface area contributed by atoms with Crippen molar-refractivity contribution in [2.45, 2.75) is 58.7 Å². The zero-order valence-corrected chi connectivity index (χ0v) is 18.7. The van der Waals surface area contributed by atoms with Crippen LogP contribution in [-0.4, -0.2) is 30.5 Å². The Morgan fingerprint density at radius 3 is 2.69 bits per heavy atom. The minimum absolute atomic E-state index is 0.0991. The third-order valence-electron chi connectivity index (χ3n) is 6.15. The highest BCUT2D eigenvalue weighted by Crippen LogP contribution is 2.40. The van der Waals surface area contributed by atoms with E-state index in [0.717, 1.165) is 53.1 Å². The number of nitrogens with zero attached hydrogens (tertiary/aromatic N) is 5. The molecule has 1 atom stereocenters. The summed E-state index contributed by atoms with van der Waals surface area (Å²) in [6.45, 7) is 7.38. The summed E-state index contributed by atoms with van der Waals surface area (Å²) >= 11 is 0. The maximum atomic E-state index is 13.5. The van der Waals surface area contributed by atoms with Crippen LogP contribution in [0.3, 0.4) is 0 Å². The lowest BCUT2D eigenvalue weighted by Crippen LogP contribution is -2.28. The van der Waals surface area contributed by atoms with Gasteiger partial charge in [0.2, 0.25) is 0 Å². The van der Waals surface area contributed by atoms with Gasteiger partial charge in [-0.05, 0) is 51.3 Å². The SMILES string of the molecule is CCn1nccc1[C@H](C)NC(=O)c1cc(C2CC2)nc2c1c(C)nn2Cc1ccccc1. The van der Waals surface area contributed by atoms with Crippen molar-refractivity contribution >= 4 is 16.9 Å². The summed E-state index contributed by atoms with van der Waals surface area (Å²) in [5.41, 5.74) is 5.40. The van der Waals surface area contributed by atoms with Crippen LogP contribution in [-0.2, 0) is 13.1 Å². The number of nitrogens with one attached hydrogen (secondary N) is 1. The fraction of sp³-hybridized carbons (Fsp3) is 0.360. The van der Waals surface area contributed by atoms with Crippen molar-refractivity contribution in [2.75, 3.05) is 0 Å². The monoisotopic (exact) mass is 428 g/mol. The molecule has 164 valence electrons. The van der Waals surface area contributed by atoms with E-state index in [2.05, 4.69) is 22.5 Å². The first kappa shape index (κ1) is 20.4. The molecule has 1 fully saturated rings. The number of carbonyl (C=O) groups is 1. The molecule has 32 heavy (non-hydrogen) atoms. The lowest BCUT2D eigenvalue weighted by molar-refractivity contribution is 0.0939. The Balaban J connectivity index is 1.54. The number of aromatic nitrogens is 5. The van der Waals surface area contributed by atoms with E-state index in [0.29, 0.717) is 18.0 Å². The molecule has 1 aromatic carbocycles. The summed E-state index contributed by atoms with van der Waals surface area (Å²) in [5, 5.41) is 13.1. The van der Waals surface area contributed by atoms with E-state index < -0.39 is 0 Å². The zero-order valence-electron chi connectivity index (χ0n) is 18.7. The van der Waals surface area contributed by atoms with Gasteiger partial charge in [-0.15, -0.1) is 0 Å². The first-order chi connectivity index (χ1) is 15.5. The lowest BCUT2D eigenvalue weighted by atomic mass is 10.1. The number of carbonyl (C=O) groups excluding carboxylic acids is 1. The predicted molar refractivity (Wildman–Crippen MR) is 124 cm³/mol. The van der Waals surface area contributed by atoms with Crippen LogP contribution in [0.25, 0.3) is 11.0 Å². The van der Waals surface area contributed by atoms with Gasteiger partial charge in [0, 0.05) is 24.4 Å². The van der Waals surface area contributed by atoms with Gasteiger partial charge < -0.3 is 5.32 Å². The van der Waals surface area contributed by atoms with E-state index in [9.17, 15) is 4.79 Å². The molecule has 0 spiro atoms. The largest absolute Gasteiger partial charge is 0.344 e. The average molecular weight is 429 g/mol. The Bertz CT molecular complexity index is 1270. The Hall–Kier alpha value is -3.48. The summed E-state index contributed by atoms with van der Waals surface area (Å²) in [5.74, 6) is 0.336. The molecular weight excluding hydrogens is 400 g/mol. The molecule has 1 saturated carbocycles. The molecule has 1 aliphatic carbocycles. The Morgan fingerprint density at radius 1 is 1.19 bits per heavy atom. The highest BCUT2D eigenvalue weighted by atomic mass is 16.1.